The van der Waals surface area contributed by atoms with Gasteiger partial charge in [-0.1, -0.05) is 23.8 Å². The van der Waals surface area contributed by atoms with Crippen LogP contribution in [0.3, 0.4) is 0 Å². The molecule has 0 aromatic heterocycles. The number of carbonyl (C=O) groups excluding carboxylic acids is 1. The predicted octanol–water partition coefficient (Wildman–Crippen LogP) is 3.97. The van der Waals surface area contributed by atoms with Gasteiger partial charge in [0.15, 0.2) is 0 Å². The number of aryl methyl sites for hydroxylation is 3. The van der Waals surface area contributed by atoms with E-state index in [2.05, 4.69) is 10.5 Å². The standard InChI is InChI=1S/C25H27N3O4S/c1-18-5-13-24(14-6-18)33(30,31)28(22-10-7-19(2)20(3)15-22)17-25(29)27-26-16-21-8-11-23(32-4)12-9-21/h5-16H,17H2,1-4H3,(H,27,29)/b26-16-. The Morgan fingerprint density at radius 1 is 0.970 bits per heavy atom. The SMILES string of the molecule is COc1ccc(/C=N\NC(=O)CN(c2ccc(C)c(C)c2)S(=O)(=O)c2ccc(C)cc2)cc1. The average Bonchev–Trinajstić information content (AvgIpc) is 2.80. The Labute approximate surface area is 194 Å². The minimum atomic E-state index is -3.97. The highest BCUT2D eigenvalue weighted by Gasteiger charge is 2.27. The molecule has 0 unspecified atom stereocenters. The van der Waals surface area contributed by atoms with E-state index in [0.717, 1.165) is 26.6 Å². The molecule has 172 valence electrons. The van der Waals surface area contributed by atoms with Gasteiger partial charge >= 0.3 is 0 Å². The molecule has 33 heavy (non-hydrogen) atoms. The van der Waals surface area contributed by atoms with Crippen LogP contribution in [-0.2, 0) is 14.8 Å². The predicted molar refractivity (Wildman–Crippen MR) is 130 cm³/mol. The van der Waals surface area contributed by atoms with E-state index in [1.54, 1.807) is 67.8 Å². The van der Waals surface area contributed by atoms with Crippen molar-refractivity contribution in [1.82, 2.24) is 5.43 Å². The highest BCUT2D eigenvalue weighted by Crippen LogP contribution is 2.26. The molecule has 0 aliphatic rings. The molecule has 0 bridgehead atoms. The van der Waals surface area contributed by atoms with Gasteiger partial charge < -0.3 is 4.74 Å². The molecule has 8 heteroatoms. The summed E-state index contributed by atoms with van der Waals surface area (Å²) in [5, 5.41) is 3.95. The third kappa shape index (κ3) is 5.98. The van der Waals surface area contributed by atoms with Crippen LogP contribution in [-0.4, -0.2) is 34.2 Å². The molecular formula is C25H27N3O4S. The first-order valence-electron chi connectivity index (χ1n) is 10.3. The summed E-state index contributed by atoms with van der Waals surface area (Å²) in [4.78, 5) is 12.8. The second-order valence-electron chi connectivity index (χ2n) is 7.66. The third-order valence-corrected chi connectivity index (χ3v) is 6.98. The quantitative estimate of drug-likeness (QED) is 0.403. The zero-order valence-corrected chi connectivity index (χ0v) is 19.9. The molecule has 1 amide bonds. The molecule has 3 rings (SSSR count). The van der Waals surface area contributed by atoms with Crippen molar-refractivity contribution in [3.05, 3.63) is 89.0 Å². The fourth-order valence-corrected chi connectivity index (χ4v) is 4.48. The van der Waals surface area contributed by atoms with Crippen LogP contribution in [0.25, 0.3) is 0 Å². The monoisotopic (exact) mass is 465 g/mol. The molecule has 0 atom stereocenters. The molecule has 0 aliphatic heterocycles. The Hall–Kier alpha value is -3.65. The summed E-state index contributed by atoms with van der Waals surface area (Å²) < 4.78 is 33.1. The third-order valence-electron chi connectivity index (χ3n) is 5.19. The van der Waals surface area contributed by atoms with Crippen molar-refractivity contribution >= 4 is 27.8 Å². The fraction of sp³-hybridized carbons (Fsp3) is 0.200. The van der Waals surface area contributed by atoms with Gasteiger partial charge in [-0.3, -0.25) is 9.10 Å². The van der Waals surface area contributed by atoms with Gasteiger partial charge in [0.2, 0.25) is 0 Å². The number of hydrazone groups is 1. The number of sulfonamides is 1. The minimum Gasteiger partial charge on any atom is -0.497 e. The average molecular weight is 466 g/mol. The number of benzene rings is 3. The Morgan fingerprint density at radius 2 is 1.64 bits per heavy atom. The molecule has 1 N–H and O–H groups in total. The van der Waals surface area contributed by atoms with E-state index in [4.69, 9.17) is 4.74 Å². The van der Waals surface area contributed by atoms with Crippen LogP contribution in [0.4, 0.5) is 5.69 Å². The van der Waals surface area contributed by atoms with Gasteiger partial charge in [0, 0.05) is 0 Å². The largest absolute Gasteiger partial charge is 0.497 e. The number of anilines is 1. The highest BCUT2D eigenvalue weighted by molar-refractivity contribution is 7.92. The minimum absolute atomic E-state index is 0.112. The lowest BCUT2D eigenvalue weighted by Gasteiger charge is -2.24. The number of rotatable bonds is 8. The molecule has 0 aliphatic carbocycles. The lowest BCUT2D eigenvalue weighted by atomic mass is 10.1. The van der Waals surface area contributed by atoms with Crippen molar-refractivity contribution in [1.29, 1.82) is 0 Å². The Morgan fingerprint density at radius 3 is 2.24 bits per heavy atom. The van der Waals surface area contributed by atoms with E-state index in [1.807, 2.05) is 26.8 Å². The van der Waals surface area contributed by atoms with Crippen LogP contribution < -0.4 is 14.5 Å². The van der Waals surface area contributed by atoms with Crippen molar-refractivity contribution in [3.63, 3.8) is 0 Å². The number of carbonyl (C=O) groups is 1. The highest BCUT2D eigenvalue weighted by atomic mass is 32.2. The number of nitrogens with zero attached hydrogens (tertiary/aromatic N) is 2. The molecule has 0 spiro atoms. The second kappa shape index (κ2) is 10.3. The van der Waals surface area contributed by atoms with E-state index in [9.17, 15) is 13.2 Å². The Bertz CT molecular complexity index is 1250. The van der Waals surface area contributed by atoms with Crippen molar-refractivity contribution < 1.29 is 17.9 Å². The molecule has 0 radical (unpaired) electrons. The molecular weight excluding hydrogens is 438 g/mol. The topological polar surface area (TPSA) is 88.1 Å². The zero-order valence-electron chi connectivity index (χ0n) is 19.1. The first kappa shape index (κ1) is 24.0. The molecule has 3 aromatic carbocycles. The number of amides is 1. The Kier molecular flexibility index (Phi) is 7.50. The van der Waals surface area contributed by atoms with Gasteiger partial charge in [0.05, 0.1) is 23.9 Å². The lowest BCUT2D eigenvalue weighted by Crippen LogP contribution is -2.39. The summed E-state index contributed by atoms with van der Waals surface area (Å²) in [6.45, 7) is 5.30. The summed E-state index contributed by atoms with van der Waals surface area (Å²) in [6, 6.07) is 19.0. The van der Waals surface area contributed by atoms with Crippen molar-refractivity contribution in [3.8, 4) is 5.75 Å². The summed E-state index contributed by atoms with van der Waals surface area (Å²) >= 11 is 0. The molecule has 0 heterocycles. The summed E-state index contributed by atoms with van der Waals surface area (Å²) in [5.41, 5.74) is 6.48. The van der Waals surface area contributed by atoms with Crippen molar-refractivity contribution in [2.75, 3.05) is 18.0 Å². The normalized spacial score (nSPS) is 11.4. The maximum atomic E-state index is 13.4. The van der Waals surface area contributed by atoms with Gasteiger partial charge in [-0.05, 0) is 86.0 Å². The van der Waals surface area contributed by atoms with Crippen LogP contribution in [0.2, 0.25) is 0 Å². The smallest absolute Gasteiger partial charge is 0.264 e. The van der Waals surface area contributed by atoms with Gasteiger partial charge in [-0.2, -0.15) is 5.10 Å². The lowest BCUT2D eigenvalue weighted by molar-refractivity contribution is -0.119. The molecule has 0 saturated heterocycles. The Balaban J connectivity index is 1.84. The van der Waals surface area contributed by atoms with Gasteiger partial charge in [-0.25, -0.2) is 13.8 Å². The summed E-state index contributed by atoms with van der Waals surface area (Å²) in [5.74, 6) is 0.148. The number of ether oxygens (including phenoxy) is 1. The van der Waals surface area contributed by atoms with Gasteiger partial charge in [0.25, 0.3) is 15.9 Å². The van der Waals surface area contributed by atoms with Crippen molar-refractivity contribution in [2.45, 2.75) is 25.7 Å². The summed E-state index contributed by atoms with van der Waals surface area (Å²) in [7, 11) is -2.40. The van der Waals surface area contributed by atoms with E-state index in [0.29, 0.717) is 11.4 Å². The first-order chi connectivity index (χ1) is 15.7. The van der Waals surface area contributed by atoms with E-state index < -0.39 is 22.5 Å². The number of nitrogens with one attached hydrogen (secondary N) is 1. The van der Waals surface area contributed by atoms with E-state index >= 15 is 0 Å². The molecule has 0 saturated carbocycles. The van der Waals surface area contributed by atoms with E-state index in [-0.39, 0.29) is 4.90 Å². The van der Waals surface area contributed by atoms with Crippen LogP contribution in [0.15, 0.2) is 76.7 Å². The molecule has 3 aromatic rings. The van der Waals surface area contributed by atoms with Crippen LogP contribution >= 0.6 is 0 Å². The zero-order chi connectivity index (χ0) is 24.0. The molecule has 7 nitrogen and oxygen atoms in total. The van der Waals surface area contributed by atoms with Gasteiger partial charge in [-0.15, -0.1) is 0 Å². The number of hydrogen-bond donors (Lipinski definition) is 1. The summed E-state index contributed by atoms with van der Waals surface area (Å²) in [6.07, 6.45) is 1.48. The van der Waals surface area contributed by atoms with Crippen molar-refractivity contribution in [2.24, 2.45) is 5.10 Å². The first-order valence-corrected chi connectivity index (χ1v) is 11.8. The molecule has 0 fully saturated rings. The fourth-order valence-electron chi connectivity index (χ4n) is 3.07. The number of hydrogen-bond acceptors (Lipinski definition) is 5. The van der Waals surface area contributed by atoms with E-state index in [1.165, 1.54) is 6.21 Å². The maximum Gasteiger partial charge on any atom is 0.264 e. The number of methoxy groups -OCH3 is 1. The second-order valence-corrected chi connectivity index (χ2v) is 9.52. The maximum absolute atomic E-state index is 13.4. The van der Waals surface area contributed by atoms with Crippen LogP contribution in [0, 0.1) is 20.8 Å². The van der Waals surface area contributed by atoms with Crippen LogP contribution in [0.1, 0.15) is 22.3 Å². The van der Waals surface area contributed by atoms with Gasteiger partial charge in [0.1, 0.15) is 12.3 Å². The van der Waals surface area contributed by atoms with Crippen LogP contribution in [0.5, 0.6) is 5.75 Å².